The molecule has 0 unspecified atom stereocenters. The van der Waals surface area contributed by atoms with Gasteiger partial charge in [0.05, 0.1) is 10.6 Å². The molecule has 2 N–H and O–H groups in total. The molecule has 0 fully saturated rings. The van der Waals surface area contributed by atoms with Gasteiger partial charge in [0, 0.05) is 5.46 Å². The van der Waals surface area contributed by atoms with E-state index in [0.29, 0.717) is 5.69 Å². The van der Waals surface area contributed by atoms with Crippen molar-refractivity contribution < 1.29 is 14.4 Å². The van der Waals surface area contributed by atoms with Crippen molar-refractivity contribution in [3.05, 3.63) is 35.6 Å². The molecule has 3 nitrogen and oxygen atoms in total. The van der Waals surface area contributed by atoms with E-state index in [9.17, 15) is 4.39 Å². The normalized spacial score (nSPS) is 10.3. The SMILES string of the molecule is OB(O)c1ccc(-c2cccs2)nc1F. The summed E-state index contributed by atoms with van der Waals surface area (Å²) < 4.78 is 13.3. The number of hydrogen-bond donors (Lipinski definition) is 2. The number of aromatic nitrogens is 1. The van der Waals surface area contributed by atoms with Crippen LogP contribution in [0.2, 0.25) is 0 Å². The van der Waals surface area contributed by atoms with Crippen molar-refractivity contribution in [2.24, 2.45) is 0 Å². The molecule has 76 valence electrons. The molecular formula is C9H7BFNO2S. The van der Waals surface area contributed by atoms with Crippen molar-refractivity contribution in [2.45, 2.75) is 0 Å². The van der Waals surface area contributed by atoms with Gasteiger partial charge in [-0.2, -0.15) is 4.39 Å². The topological polar surface area (TPSA) is 53.4 Å². The van der Waals surface area contributed by atoms with Crippen LogP contribution >= 0.6 is 11.3 Å². The summed E-state index contributed by atoms with van der Waals surface area (Å²) in [4.78, 5) is 4.50. The monoisotopic (exact) mass is 223 g/mol. The van der Waals surface area contributed by atoms with Gasteiger partial charge in [-0.25, -0.2) is 4.98 Å². The third kappa shape index (κ3) is 2.06. The van der Waals surface area contributed by atoms with Gasteiger partial charge >= 0.3 is 7.12 Å². The number of rotatable bonds is 2. The minimum atomic E-state index is -1.82. The largest absolute Gasteiger partial charge is 0.493 e. The average molecular weight is 223 g/mol. The zero-order valence-electron chi connectivity index (χ0n) is 7.59. The van der Waals surface area contributed by atoms with E-state index in [2.05, 4.69) is 4.98 Å². The summed E-state index contributed by atoms with van der Waals surface area (Å²) in [5, 5.41) is 19.5. The van der Waals surface area contributed by atoms with Crippen molar-refractivity contribution in [3.8, 4) is 10.6 Å². The molecule has 0 atom stereocenters. The smallest absolute Gasteiger partial charge is 0.423 e. The Hall–Kier alpha value is -1.24. The quantitative estimate of drug-likeness (QED) is 0.579. The molecule has 0 aliphatic carbocycles. The number of nitrogens with zero attached hydrogens (tertiary/aromatic N) is 1. The maximum Gasteiger partial charge on any atom is 0.493 e. The van der Waals surface area contributed by atoms with Gasteiger partial charge in [-0.05, 0) is 17.5 Å². The lowest BCUT2D eigenvalue weighted by atomic mass is 9.81. The highest BCUT2D eigenvalue weighted by atomic mass is 32.1. The fraction of sp³-hybridized carbons (Fsp3) is 0. The van der Waals surface area contributed by atoms with Gasteiger partial charge in [0.15, 0.2) is 0 Å². The van der Waals surface area contributed by atoms with E-state index in [1.807, 2.05) is 17.5 Å². The molecule has 15 heavy (non-hydrogen) atoms. The van der Waals surface area contributed by atoms with Crippen LogP contribution in [0.3, 0.4) is 0 Å². The van der Waals surface area contributed by atoms with E-state index in [-0.39, 0.29) is 5.46 Å². The van der Waals surface area contributed by atoms with Crippen LogP contribution in [-0.2, 0) is 0 Å². The van der Waals surface area contributed by atoms with Crippen LogP contribution in [0.15, 0.2) is 29.6 Å². The Morgan fingerprint density at radius 1 is 1.27 bits per heavy atom. The minimum absolute atomic E-state index is 0.213. The van der Waals surface area contributed by atoms with Crippen molar-refractivity contribution in [1.82, 2.24) is 4.98 Å². The Balaban J connectivity index is 2.42. The molecule has 2 aromatic heterocycles. The lowest BCUT2D eigenvalue weighted by Gasteiger charge is -2.02. The van der Waals surface area contributed by atoms with Gasteiger partial charge in [0.25, 0.3) is 0 Å². The molecule has 0 spiro atoms. The van der Waals surface area contributed by atoms with E-state index >= 15 is 0 Å². The first-order valence-electron chi connectivity index (χ1n) is 4.25. The van der Waals surface area contributed by atoms with Crippen molar-refractivity contribution in [3.63, 3.8) is 0 Å². The summed E-state index contributed by atoms with van der Waals surface area (Å²) in [5.74, 6) is -0.851. The van der Waals surface area contributed by atoms with Crippen LogP contribution in [0.25, 0.3) is 10.6 Å². The first-order chi connectivity index (χ1) is 7.18. The highest BCUT2D eigenvalue weighted by Crippen LogP contribution is 2.21. The van der Waals surface area contributed by atoms with Crippen LogP contribution in [0.1, 0.15) is 0 Å². The first kappa shape index (κ1) is 10.3. The van der Waals surface area contributed by atoms with Crippen molar-refractivity contribution in [1.29, 1.82) is 0 Å². The second-order valence-electron chi connectivity index (χ2n) is 2.93. The van der Waals surface area contributed by atoms with Crippen LogP contribution < -0.4 is 5.46 Å². The van der Waals surface area contributed by atoms with Crippen LogP contribution in [-0.4, -0.2) is 22.2 Å². The van der Waals surface area contributed by atoms with E-state index in [1.54, 1.807) is 6.07 Å². The molecule has 0 amide bonds. The second kappa shape index (κ2) is 4.10. The third-order valence-electron chi connectivity index (χ3n) is 1.93. The zero-order chi connectivity index (χ0) is 10.8. The summed E-state index contributed by atoms with van der Waals surface area (Å²) >= 11 is 1.44. The highest BCUT2D eigenvalue weighted by Gasteiger charge is 2.18. The number of pyridine rings is 1. The summed E-state index contributed by atoms with van der Waals surface area (Å²) in [6.45, 7) is 0. The molecule has 0 aliphatic heterocycles. The Morgan fingerprint density at radius 3 is 2.60 bits per heavy atom. The van der Waals surface area contributed by atoms with Crippen molar-refractivity contribution in [2.75, 3.05) is 0 Å². The van der Waals surface area contributed by atoms with E-state index < -0.39 is 13.1 Å². The molecule has 2 rings (SSSR count). The van der Waals surface area contributed by atoms with E-state index in [0.717, 1.165) is 4.88 Å². The molecule has 0 aliphatic rings. The first-order valence-corrected chi connectivity index (χ1v) is 5.13. The van der Waals surface area contributed by atoms with Gasteiger partial charge in [-0.3, -0.25) is 0 Å². The number of halogens is 1. The van der Waals surface area contributed by atoms with Crippen LogP contribution in [0, 0.1) is 5.95 Å². The molecule has 0 radical (unpaired) electrons. The summed E-state index contributed by atoms with van der Waals surface area (Å²) in [6, 6.07) is 6.54. The van der Waals surface area contributed by atoms with Gasteiger partial charge in [-0.1, -0.05) is 12.1 Å². The molecule has 2 aromatic rings. The summed E-state index contributed by atoms with van der Waals surface area (Å²) in [6.07, 6.45) is 0. The minimum Gasteiger partial charge on any atom is -0.423 e. The Kier molecular flexibility index (Phi) is 2.81. The third-order valence-corrected chi connectivity index (χ3v) is 2.82. The standard InChI is InChI=1S/C9H7BFNO2S/c11-9-6(10(13)14)3-4-7(12-9)8-2-1-5-15-8/h1-5,13-14H. The van der Waals surface area contributed by atoms with Crippen molar-refractivity contribution >= 4 is 23.9 Å². The fourth-order valence-corrected chi connectivity index (χ4v) is 1.89. The van der Waals surface area contributed by atoms with Crippen LogP contribution in [0.5, 0.6) is 0 Å². The zero-order valence-corrected chi connectivity index (χ0v) is 8.41. The summed E-state index contributed by atoms with van der Waals surface area (Å²) in [7, 11) is -1.82. The number of hydrogen-bond acceptors (Lipinski definition) is 4. The lowest BCUT2D eigenvalue weighted by molar-refractivity contribution is 0.422. The Morgan fingerprint density at radius 2 is 2.07 bits per heavy atom. The molecule has 2 heterocycles. The van der Waals surface area contributed by atoms with Gasteiger partial charge in [0.2, 0.25) is 5.95 Å². The fourth-order valence-electron chi connectivity index (χ4n) is 1.20. The predicted octanol–water partition coefficient (Wildman–Crippen LogP) is 0.629. The maximum atomic E-state index is 13.3. The van der Waals surface area contributed by atoms with E-state index in [1.165, 1.54) is 17.4 Å². The Labute approximate surface area is 90.0 Å². The second-order valence-corrected chi connectivity index (χ2v) is 3.88. The average Bonchev–Trinajstić information content (AvgIpc) is 2.69. The molecule has 0 bridgehead atoms. The van der Waals surface area contributed by atoms with Crippen LogP contribution in [0.4, 0.5) is 4.39 Å². The maximum absolute atomic E-state index is 13.3. The summed E-state index contributed by atoms with van der Waals surface area (Å²) in [5.41, 5.74) is 0.280. The number of thiophene rings is 1. The molecule has 6 heteroatoms. The lowest BCUT2D eigenvalue weighted by Crippen LogP contribution is -2.33. The molecule has 0 aromatic carbocycles. The molecular weight excluding hydrogens is 216 g/mol. The highest BCUT2D eigenvalue weighted by molar-refractivity contribution is 7.13. The predicted molar refractivity (Wildman–Crippen MR) is 57.3 cm³/mol. The van der Waals surface area contributed by atoms with E-state index in [4.69, 9.17) is 10.0 Å². The molecule has 0 saturated heterocycles. The van der Waals surface area contributed by atoms with Gasteiger partial charge in [-0.15, -0.1) is 11.3 Å². The van der Waals surface area contributed by atoms with Gasteiger partial charge in [0.1, 0.15) is 0 Å². The van der Waals surface area contributed by atoms with Gasteiger partial charge < -0.3 is 10.0 Å². The molecule has 0 saturated carbocycles. The Bertz CT molecular complexity index is 461.